The summed E-state index contributed by atoms with van der Waals surface area (Å²) in [5, 5.41) is 14.0. The summed E-state index contributed by atoms with van der Waals surface area (Å²) in [6.07, 6.45) is -0.101. The number of hydrogen-bond acceptors (Lipinski definition) is 5. The third-order valence-electron chi connectivity index (χ3n) is 3.86. The number of nitro benzene ring substituents is 1. The number of carbonyl (C=O) groups excluding carboxylic acids is 3. The van der Waals surface area contributed by atoms with Crippen LogP contribution >= 0.6 is 11.6 Å². The molecule has 132 valence electrons. The molecule has 0 unspecified atom stereocenters. The van der Waals surface area contributed by atoms with E-state index in [-0.39, 0.29) is 35.7 Å². The van der Waals surface area contributed by atoms with Crippen molar-refractivity contribution < 1.29 is 19.3 Å². The van der Waals surface area contributed by atoms with Crippen molar-refractivity contribution in [2.45, 2.75) is 6.42 Å². The molecule has 0 aromatic heterocycles. The number of nitrogens with zero attached hydrogens (tertiary/aromatic N) is 2. The van der Waals surface area contributed by atoms with Gasteiger partial charge in [0.15, 0.2) is 0 Å². The van der Waals surface area contributed by atoms with Crippen molar-refractivity contribution in [1.82, 2.24) is 4.90 Å². The van der Waals surface area contributed by atoms with Crippen LogP contribution in [0.1, 0.15) is 27.1 Å². The first-order chi connectivity index (χ1) is 12.4. The van der Waals surface area contributed by atoms with Gasteiger partial charge < -0.3 is 5.32 Å². The molecule has 0 spiro atoms. The number of rotatable bonds is 5. The molecule has 0 saturated heterocycles. The first-order valence-electron chi connectivity index (χ1n) is 7.57. The van der Waals surface area contributed by atoms with Crippen molar-refractivity contribution in [2.75, 3.05) is 11.9 Å². The van der Waals surface area contributed by atoms with Crippen molar-refractivity contribution >= 4 is 40.7 Å². The number of nitro groups is 1. The summed E-state index contributed by atoms with van der Waals surface area (Å²) in [5.41, 5.74) is 0.339. The second-order valence-electron chi connectivity index (χ2n) is 5.55. The fourth-order valence-electron chi connectivity index (χ4n) is 2.57. The highest BCUT2D eigenvalue weighted by Gasteiger charge is 2.36. The summed E-state index contributed by atoms with van der Waals surface area (Å²) >= 11 is 5.77. The normalized spacial score (nSPS) is 12.9. The summed E-state index contributed by atoms with van der Waals surface area (Å²) in [6.45, 7) is -0.125. The Labute approximate surface area is 152 Å². The van der Waals surface area contributed by atoms with Crippen molar-refractivity contribution in [2.24, 2.45) is 0 Å². The highest BCUT2D eigenvalue weighted by molar-refractivity contribution is 6.30. The van der Waals surface area contributed by atoms with E-state index in [4.69, 9.17) is 11.6 Å². The molecule has 3 amide bonds. The van der Waals surface area contributed by atoms with Gasteiger partial charge in [-0.3, -0.25) is 29.4 Å². The van der Waals surface area contributed by atoms with E-state index in [0.29, 0.717) is 10.7 Å². The summed E-state index contributed by atoms with van der Waals surface area (Å²) in [7, 11) is 0. The average molecular weight is 374 g/mol. The van der Waals surface area contributed by atoms with Gasteiger partial charge in [0.05, 0.1) is 16.1 Å². The Hall–Kier alpha value is -3.26. The molecular formula is C17H12ClN3O5. The minimum Gasteiger partial charge on any atom is -0.326 e. The minimum absolute atomic E-state index is 0.0256. The highest BCUT2D eigenvalue weighted by atomic mass is 35.5. The number of benzene rings is 2. The van der Waals surface area contributed by atoms with Crippen LogP contribution in [0.25, 0.3) is 0 Å². The first kappa shape index (κ1) is 17.6. The number of non-ortho nitro benzene ring substituents is 1. The number of anilines is 1. The van der Waals surface area contributed by atoms with Crippen LogP contribution in [-0.2, 0) is 4.79 Å². The molecule has 9 heteroatoms. The quantitative estimate of drug-likeness (QED) is 0.492. The molecule has 0 aliphatic carbocycles. The van der Waals surface area contributed by atoms with E-state index in [1.54, 1.807) is 24.3 Å². The van der Waals surface area contributed by atoms with Crippen molar-refractivity contribution in [3.05, 3.63) is 68.7 Å². The number of imide groups is 1. The maximum atomic E-state index is 12.3. The molecule has 0 fully saturated rings. The zero-order chi connectivity index (χ0) is 18.8. The lowest BCUT2D eigenvalue weighted by Crippen LogP contribution is -2.32. The van der Waals surface area contributed by atoms with Crippen LogP contribution in [-0.4, -0.2) is 34.1 Å². The zero-order valence-corrected chi connectivity index (χ0v) is 14.0. The van der Waals surface area contributed by atoms with Gasteiger partial charge in [0, 0.05) is 35.8 Å². The van der Waals surface area contributed by atoms with Gasteiger partial charge in [-0.2, -0.15) is 0 Å². The molecule has 26 heavy (non-hydrogen) atoms. The summed E-state index contributed by atoms with van der Waals surface area (Å²) in [4.78, 5) is 47.7. The summed E-state index contributed by atoms with van der Waals surface area (Å²) < 4.78 is 0. The SMILES string of the molecule is O=C(CCN1C(=O)c2ccc([N+](=O)[O-])cc2C1=O)Nc1ccc(Cl)cc1. The third kappa shape index (κ3) is 3.40. The van der Waals surface area contributed by atoms with Crippen LogP contribution in [0.5, 0.6) is 0 Å². The number of nitrogens with one attached hydrogen (secondary N) is 1. The second-order valence-corrected chi connectivity index (χ2v) is 5.99. The molecule has 0 atom stereocenters. The van der Waals surface area contributed by atoms with Gasteiger partial charge in [-0.15, -0.1) is 0 Å². The lowest BCUT2D eigenvalue weighted by Gasteiger charge is -2.13. The van der Waals surface area contributed by atoms with Gasteiger partial charge in [-0.05, 0) is 30.3 Å². The molecule has 0 bridgehead atoms. The number of halogens is 1. The van der Waals surface area contributed by atoms with E-state index >= 15 is 0 Å². The first-order valence-corrected chi connectivity index (χ1v) is 7.94. The van der Waals surface area contributed by atoms with E-state index < -0.39 is 16.7 Å². The van der Waals surface area contributed by atoms with Crippen molar-refractivity contribution in [1.29, 1.82) is 0 Å². The topological polar surface area (TPSA) is 110 Å². The Bertz CT molecular complexity index is 926. The molecule has 1 N–H and O–H groups in total. The average Bonchev–Trinajstić information content (AvgIpc) is 2.85. The third-order valence-corrected chi connectivity index (χ3v) is 4.11. The molecule has 1 aliphatic heterocycles. The van der Waals surface area contributed by atoms with Gasteiger partial charge in [0.25, 0.3) is 17.5 Å². The Morgan fingerprint density at radius 2 is 1.73 bits per heavy atom. The van der Waals surface area contributed by atoms with Crippen LogP contribution in [0.3, 0.4) is 0 Å². The fraction of sp³-hybridized carbons (Fsp3) is 0.118. The minimum atomic E-state index is -0.645. The van der Waals surface area contributed by atoms with Crippen LogP contribution < -0.4 is 5.32 Å². The largest absolute Gasteiger partial charge is 0.326 e. The van der Waals surface area contributed by atoms with Gasteiger partial charge in [-0.25, -0.2) is 0 Å². The lowest BCUT2D eigenvalue weighted by atomic mass is 10.1. The van der Waals surface area contributed by atoms with E-state index in [1.165, 1.54) is 12.1 Å². The van der Waals surface area contributed by atoms with Gasteiger partial charge >= 0.3 is 0 Å². The molecule has 2 aromatic carbocycles. The van der Waals surface area contributed by atoms with Crippen molar-refractivity contribution in [3.63, 3.8) is 0 Å². The van der Waals surface area contributed by atoms with Crippen molar-refractivity contribution in [3.8, 4) is 0 Å². The van der Waals surface area contributed by atoms with E-state index in [1.807, 2.05) is 0 Å². The number of amides is 3. The number of carbonyl (C=O) groups is 3. The Kier molecular flexibility index (Phi) is 4.68. The fourth-order valence-corrected chi connectivity index (χ4v) is 2.69. The van der Waals surface area contributed by atoms with E-state index in [2.05, 4.69) is 5.32 Å². The maximum Gasteiger partial charge on any atom is 0.270 e. The monoisotopic (exact) mass is 373 g/mol. The summed E-state index contributed by atoms with van der Waals surface area (Å²) in [5.74, 6) is -1.60. The molecule has 2 aromatic rings. The standard InChI is InChI=1S/C17H12ClN3O5/c18-10-1-3-11(4-2-10)19-15(22)7-8-20-16(23)13-6-5-12(21(25)26)9-14(13)17(20)24/h1-6,9H,7-8H2,(H,19,22). The van der Waals surface area contributed by atoms with E-state index in [9.17, 15) is 24.5 Å². The van der Waals surface area contributed by atoms with Gasteiger partial charge in [0.2, 0.25) is 5.91 Å². The molecule has 1 heterocycles. The summed E-state index contributed by atoms with van der Waals surface area (Å²) in [6, 6.07) is 9.98. The molecule has 1 aliphatic rings. The Balaban J connectivity index is 1.66. The predicted molar refractivity (Wildman–Crippen MR) is 93.2 cm³/mol. The Morgan fingerprint density at radius 1 is 1.08 bits per heavy atom. The van der Waals surface area contributed by atoms with Crippen LogP contribution in [0, 0.1) is 10.1 Å². The number of hydrogen-bond donors (Lipinski definition) is 1. The van der Waals surface area contributed by atoms with E-state index in [0.717, 1.165) is 11.0 Å². The van der Waals surface area contributed by atoms with Crippen LogP contribution in [0.2, 0.25) is 5.02 Å². The number of fused-ring (bicyclic) bond motifs is 1. The smallest absolute Gasteiger partial charge is 0.270 e. The molecule has 0 radical (unpaired) electrons. The van der Waals surface area contributed by atoms with Crippen LogP contribution in [0.15, 0.2) is 42.5 Å². The highest BCUT2D eigenvalue weighted by Crippen LogP contribution is 2.27. The van der Waals surface area contributed by atoms with Gasteiger partial charge in [-0.1, -0.05) is 11.6 Å². The predicted octanol–water partition coefficient (Wildman–Crippen LogP) is 2.87. The molecule has 8 nitrogen and oxygen atoms in total. The Morgan fingerprint density at radius 3 is 2.38 bits per heavy atom. The van der Waals surface area contributed by atoms with Gasteiger partial charge in [0.1, 0.15) is 0 Å². The zero-order valence-electron chi connectivity index (χ0n) is 13.3. The molecule has 0 saturated carbocycles. The van der Waals surface area contributed by atoms with Crippen LogP contribution in [0.4, 0.5) is 11.4 Å². The lowest BCUT2D eigenvalue weighted by molar-refractivity contribution is -0.384. The molecule has 3 rings (SSSR count). The second kappa shape index (κ2) is 6.93. The molecular weight excluding hydrogens is 362 g/mol. The maximum absolute atomic E-state index is 12.3.